The van der Waals surface area contributed by atoms with Gasteiger partial charge >= 0.3 is 0 Å². The molecule has 2 aromatic rings. The zero-order valence-corrected chi connectivity index (χ0v) is 15.1. The molecule has 1 heterocycles. The summed E-state index contributed by atoms with van der Waals surface area (Å²) >= 11 is 0. The molecule has 0 saturated heterocycles. The highest BCUT2D eigenvalue weighted by atomic mass is 16.5. The van der Waals surface area contributed by atoms with E-state index >= 15 is 0 Å². The Morgan fingerprint density at radius 2 is 1.88 bits per heavy atom. The molecule has 0 unspecified atom stereocenters. The van der Waals surface area contributed by atoms with Crippen molar-refractivity contribution in [3.63, 3.8) is 0 Å². The van der Waals surface area contributed by atoms with Crippen LogP contribution in [0.3, 0.4) is 0 Å². The first-order chi connectivity index (χ1) is 12.2. The summed E-state index contributed by atoms with van der Waals surface area (Å²) in [4.78, 5) is 0. The SMILES string of the molecule is C=C(C)[C@@H]1Cc2c(ccc(O)c2O)-c2cc3c(c(O)c21)C=CC(C)(C)O3. The Bertz CT molecular complexity index is 982. The maximum absolute atomic E-state index is 11.0. The van der Waals surface area contributed by atoms with Gasteiger partial charge in [0.05, 0.1) is 5.56 Å². The van der Waals surface area contributed by atoms with Crippen molar-refractivity contribution in [3.05, 3.63) is 53.1 Å². The van der Waals surface area contributed by atoms with E-state index in [2.05, 4.69) is 6.58 Å². The van der Waals surface area contributed by atoms with Crippen LogP contribution in [0.15, 0.2) is 36.4 Å². The molecule has 0 aromatic heterocycles. The molecule has 4 rings (SSSR count). The van der Waals surface area contributed by atoms with Crippen LogP contribution in [0.5, 0.6) is 23.0 Å². The van der Waals surface area contributed by atoms with Crippen molar-refractivity contribution in [3.8, 4) is 34.1 Å². The Balaban J connectivity index is 2.05. The summed E-state index contributed by atoms with van der Waals surface area (Å²) in [5, 5.41) is 31.3. The molecule has 0 bridgehead atoms. The van der Waals surface area contributed by atoms with E-state index in [0.717, 1.165) is 22.3 Å². The minimum absolute atomic E-state index is 0.113. The van der Waals surface area contributed by atoms with Gasteiger partial charge in [0.2, 0.25) is 0 Å². The highest BCUT2D eigenvalue weighted by molar-refractivity contribution is 5.85. The van der Waals surface area contributed by atoms with E-state index in [1.54, 1.807) is 6.07 Å². The molecule has 0 spiro atoms. The van der Waals surface area contributed by atoms with Crippen molar-refractivity contribution in [2.75, 3.05) is 0 Å². The number of hydrogen-bond acceptors (Lipinski definition) is 4. The van der Waals surface area contributed by atoms with Gasteiger partial charge in [0.25, 0.3) is 0 Å². The number of benzene rings is 2. The number of phenolic OH excluding ortho intramolecular Hbond substituents is 3. The van der Waals surface area contributed by atoms with Gasteiger partial charge in [-0.3, -0.25) is 0 Å². The lowest BCUT2D eigenvalue weighted by Crippen LogP contribution is -2.28. The highest BCUT2D eigenvalue weighted by Gasteiger charge is 2.34. The van der Waals surface area contributed by atoms with Crippen molar-refractivity contribution in [2.45, 2.75) is 38.7 Å². The average Bonchev–Trinajstić information content (AvgIpc) is 2.56. The standard InChI is InChI=1S/C22H22O4/c1-11(2)14-9-16-12(5-6-17(23)20(16)24)15-10-18-13(21(25)19(14)15)7-8-22(3,4)26-18/h5-8,10,14,23-25H,1,9H2,2-4H3/t14-/m0/s1. The number of hydrogen-bond donors (Lipinski definition) is 3. The van der Waals surface area contributed by atoms with Crippen LogP contribution >= 0.6 is 0 Å². The molecule has 0 fully saturated rings. The molecule has 4 heteroatoms. The van der Waals surface area contributed by atoms with Gasteiger partial charge in [-0.25, -0.2) is 0 Å². The van der Waals surface area contributed by atoms with Crippen LogP contribution in [0.4, 0.5) is 0 Å². The first-order valence-electron chi connectivity index (χ1n) is 8.67. The first-order valence-corrected chi connectivity index (χ1v) is 8.67. The van der Waals surface area contributed by atoms with Crippen molar-refractivity contribution >= 4 is 6.08 Å². The third-order valence-electron chi connectivity index (χ3n) is 5.27. The number of fused-ring (bicyclic) bond motifs is 4. The van der Waals surface area contributed by atoms with E-state index in [0.29, 0.717) is 23.3 Å². The van der Waals surface area contributed by atoms with Crippen LogP contribution in [0.2, 0.25) is 0 Å². The molecule has 3 N–H and O–H groups in total. The third-order valence-corrected chi connectivity index (χ3v) is 5.27. The number of phenols is 3. The molecule has 2 aromatic carbocycles. The summed E-state index contributed by atoms with van der Waals surface area (Å²) in [7, 11) is 0. The predicted molar refractivity (Wildman–Crippen MR) is 102 cm³/mol. The summed E-state index contributed by atoms with van der Waals surface area (Å²) in [6, 6.07) is 5.16. The molecule has 1 aliphatic carbocycles. The Morgan fingerprint density at radius 1 is 1.15 bits per heavy atom. The Morgan fingerprint density at radius 3 is 2.58 bits per heavy atom. The van der Waals surface area contributed by atoms with Gasteiger partial charge in [-0.05, 0) is 62.6 Å². The fourth-order valence-corrected chi connectivity index (χ4v) is 3.91. The summed E-state index contributed by atoms with van der Waals surface area (Å²) in [6.45, 7) is 9.90. The van der Waals surface area contributed by atoms with Crippen LogP contribution in [-0.2, 0) is 6.42 Å². The van der Waals surface area contributed by atoms with Crippen LogP contribution in [0.1, 0.15) is 43.4 Å². The van der Waals surface area contributed by atoms with E-state index in [1.165, 1.54) is 6.07 Å². The minimum atomic E-state index is -0.462. The van der Waals surface area contributed by atoms with Gasteiger partial charge in [0, 0.05) is 17.0 Å². The lowest BCUT2D eigenvalue weighted by Gasteiger charge is -2.34. The normalized spacial score (nSPS) is 19.1. The van der Waals surface area contributed by atoms with Crippen molar-refractivity contribution in [1.82, 2.24) is 0 Å². The van der Waals surface area contributed by atoms with E-state index in [1.807, 2.05) is 39.0 Å². The maximum Gasteiger partial charge on any atom is 0.161 e. The number of rotatable bonds is 1. The second-order valence-corrected chi connectivity index (χ2v) is 7.70. The van der Waals surface area contributed by atoms with E-state index in [4.69, 9.17) is 4.74 Å². The molecule has 0 saturated carbocycles. The zero-order chi connectivity index (χ0) is 18.8. The smallest absolute Gasteiger partial charge is 0.161 e. The first kappa shape index (κ1) is 16.6. The monoisotopic (exact) mass is 350 g/mol. The van der Waals surface area contributed by atoms with Gasteiger partial charge in [-0.15, -0.1) is 0 Å². The molecule has 26 heavy (non-hydrogen) atoms. The topological polar surface area (TPSA) is 69.9 Å². The van der Waals surface area contributed by atoms with Crippen LogP contribution in [0, 0.1) is 0 Å². The van der Waals surface area contributed by atoms with Gasteiger partial charge in [0.1, 0.15) is 17.1 Å². The Labute approximate surface area is 152 Å². The summed E-state index contributed by atoms with van der Waals surface area (Å²) in [5.74, 6) is 0.386. The number of allylic oxidation sites excluding steroid dienone is 1. The molecular formula is C22H22O4. The average molecular weight is 350 g/mol. The largest absolute Gasteiger partial charge is 0.507 e. The number of ether oxygens (including phenoxy) is 1. The van der Waals surface area contributed by atoms with Gasteiger partial charge in [0.15, 0.2) is 11.5 Å². The quantitative estimate of drug-likeness (QED) is 0.507. The fraction of sp³-hybridized carbons (Fsp3) is 0.273. The molecule has 1 aliphatic heterocycles. The fourth-order valence-electron chi connectivity index (χ4n) is 3.91. The third kappa shape index (κ3) is 2.29. The van der Waals surface area contributed by atoms with Crippen molar-refractivity contribution in [2.24, 2.45) is 0 Å². The molecule has 134 valence electrons. The van der Waals surface area contributed by atoms with Gasteiger partial charge < -0.3 is 20.1 Å². The second-order valence-electron chi connectivity index (χ2n) is 7.70. The molecule has 0 amide bonds. The van der Waals surface area contributed by atoms with E-state index in [-0.39, 0.29) is 23.2 Å². The zero-order valence-electron chi connectivity index (χ0n) is 15.1. The van der Waals surface area contributed by atoms with Crippen molar-refractivity contribution in [1.29, 1.82) is 0 Å². The molecule has 2 aliphatic rings. The van der Waals surface area contributed by atoms with Gasteiger partial charge in [-0.1, -0.05) is 18.2 Å². The molecule has 4 nitrogen and oxygen atoms in total. The van der Waals surface area contributed by atoms with Crippen molar-refractivity contribution < 1.29 is 20.1 Å². The lowest BCUT2D eigenvalue weighted by atomic mass is 9.74. The highest BCUT2D eigenvalue weighted by Crippen LogP contribution is 2.54. The van der Waals surface area contributed by atoms with E-state index in [9.17, 15) is 15.3 Å². The van der Waals surface area contributed by atoms with Crippen LogP contribution < -0.4 is 4.74 Å². The Kier molecular flexibility index (Phi) is 3.38. The lowest BCUT2D eigenvalue weighted by molar-refractivity contribution is 0.158. The van der Waals surface area contributed by atoms with Crippen LogP contribution in [-0.4, -0.2) is 20.9 Å². The minimum Gasteiger partial charge on any atom is -0.507 e. The molecule has 0 radical (unpaired) electrons. The summed E-state index contributed by atoms with van der Waals surface area (Å²) in [6.07, 6.45) is 4.30. The second kappa shape index (κ2) is 5.31. The molecular weight excluding hydrogens is 328 g/mol. The summed E-state index contributed by atoms with van der Waals surface area (Å²) < 4.78 is 6.05. The predicted octanol–water partition coefficient (Wildman–Crippen LogP) is 4.87. The Hall–Kier alpha value is -2.88. The maximum atomic E-state index is 11.0. The van der Waals surface area contributed by atoms with Gasteiger partial charge in [-0.2, -0.15) is 0 Å². The van der Waals surface area contributed by atoms with Crippen LogP contribution in [0.25, 0.3) is 17.2 Å². The summed E-state index contributed by atoms with van der Waals surface area (Å²) in [5.41, 5.74) is 4.14. The number of aromatic hydroxyl groups is 3. The van der Waals surface area contributed by atoms with E-state index < -0.39 is 5.60 Å². The molecule has 1 atom stereocenters.